The second-order valence-corrected chi connectivity index (χ2v) is 4.79. The number of hydrogen-bond acceptors (Lipinski definition) is 4. The zero-order valence-corrected chi connectivity index (χ0v) is 11.1. The smallest absolute Gasteiger partial charge is 0.166 e. The molecule has 0 atom stereocenters. The van der Waals surface area contributed by atoms with E-state index in [-0.39, 0.29) is 0 Å². The highest BCUT2D eigenvalue weighted by Crippen LogP contribution is 2.21. The van der Waals surface area contributed by atoms with Crippen molar-refractivity contribution in [2.75, 3.05) is 0 Å². The molecule has 0 aliphatic carbocycles. The number of hydrogen-bond donors (Lipinski definition) is 0. The van der Waals surface area contributed by atoms with Gasteiger partial charge in [-0.25, -0.2) is 19.6 Å². The lowest BCUT2D eigenvalue weighted by molar-refractivity contribution is 0.860. The number of imidazole rings is 1. The van der Waals surface area contributed by atoms with E-state index in [2.05, 4.69) is 20.1 Å². The van der Waals surface area contributed by atoms with E-state index in [4.69, 9.17) is 0 Å². The molecule has 0 spiro atoms. The standard InChI is InChI=1S/C14H12N6/c1-9-5-13-16-3-4-19(13)7-12(9)20-14-11(10(2)18-20)6-15-8-17-14/h3-8H,1-2H3. The van der Waals surface area contributed by atoms with Crippen molar-refractivity contribution in [3.05, 3.63) is 48.4 Å². The lowest BCUT2D eigenvalue weighted by atomic mass is 10.2. The molecule has 0 aromatic carbocycles. The zero-order chi connectivity index (χ0) is 13.7. The summed E-state index contributed by atoms with van der Waals surface area (Å²) in [5, 5.41) is 5.56. The van der Waals surface area contributed by atoms with E-state index in [1.165, 1.54) is 0 Å². The van der Waals surface area contributed by atoms with Crippen molar-refractivity contribution < 1.29 is 0 Å². The normalized spacial score (nSPS) is 11.5. The predicted molar refractivity (Wildman–Crippen MR) is 74.9 cm³/mol. The van der Waals surface area contributed by atoms with Gasteiger partial charge in [0.25, 0.3) is 0 Å². The summed E-state index contributed by atoms with van der Waals surface area (Å²) in [7, 11) is 0. The molecule has 4 heterocycles. The summed E-state index contributed by atoms with van der Waals surface area (Å²) in [6, 6.07) is 2.04. The summed E-state index contributed by atoms with van der Waals surface area (Å²) in [5.74, 6) is 0. The van der Waals surface area contributed by atoms with Crippen molar-refractivity contribution in [3.8, 4) is 5.69 Å². The third-order valence-electron chi connectivity index (χ3n) is 3.47. The van der Waals surface area contributed by atoms with Gasteiger partial charge in [-0.05, 0) is 25.5 Å². The van der Waals surface area contributed by atoms with Crippen LogP contribution in [0, 0.1) is 13.8 Å². The average molecular weight is 264 g/mol. The molecule has 0 fully saturated rings. The molecular weight excluding hydrogens is 252 g/mol. The fourth-order valence-corrected chi connectivity index (χ4v) is 2.43. The molecule has 0 aliphatic heterocycles. The Morgan fingerprint density at radius 1 is 1.15 bits per heavy atom. The van der Waals surface area contributed by atoms with Crippen LogP contribution in [0.1, 0.15) is 11.3 Å². The fourth-order valence-electron chi connectivity index (χ4n) is 2.43. The summed E-state index contributed by atoms with van der Waals surface area (Å²) < 4.78 is 3.84. The third kappa shape index (κ3) is 1.45. The van der Waals surface area contributed by atoms with Crippen molar-refractivity contribution in [3.63, 3.8) is 0 Å². The van der Waals surface area contributed by atoms with Crippen LogP contribution < -0.4 is 0 Å². The Kier molecular flexibility index (Phi) is 2.14. The van der Waals surface area contributed by atoms with Crippen LogP contribution in [0.25, 0.3) is 22.4 Å². The van der Waals surface area contributed by atoms with E-state index in [1.807, 2.05) is 41.4 Å². The highest BCUT2D eigenvalue weighted by Gasteiger charge is 2.12. The Labute approximate surface area is 114 Å². The first-order valence-corrected chi connectivity index (χ1v) is 6.33. The molecule has 0 bridgehead atoms. The summed E-state index contributed by atoms with van der Waals surface area (Å²) >= 11 is 0. The number of aryl methyl sites for hydroxylation is 2. The maximum atomic E-state index is 4.59. The first-order chi connectivity index (χ1) is 9.74. The number of fused-ring (bicyclic) bond motifs is 2. The molecule has 0 saturated carbocycles. The van der Waals surface area contributed by atoms with Crippen molar-refractivity contribution in [1.29, 1.82) is 0 Å². The molecule has 98 valence electrons. The van der Waals surface area contributed by atoms with Gasteiger partial charge in [-0.3, -0.25) is 0 Å². The Bertz CT molecular complexity index is 933. The summed E-state index contributed by atoms with van der Waals surface area (Å²) in [6.07, 6.45) is 9.07. The van der Waals surface area contributed by atoms with Crippen molar-refractivity contribution in [2.24, 2.45) is 0 Å². The van der Waals surface area contributed by atoms with Crippen LogP contribution in [0.3, 0.4) is 0 Å². The molecule has 4 aromatic heterocycles. The molecule has 0 unspecified atom stereocenters. The van der Waals surface area contributed by atoms with Crippen molar-refractivity contribution in [2.45, 2.75) is 13.8 Å². The molecule has 4 aromatic rings. The van der Waals surface area contributed by atoms with Gasteiger partial charge in [-0.2, -0.15) is 5.10 Å². The molecule has 0 N–H and O–H groups in total. The van der Waals surface area contributed by atoms with Gasteiger partial charge < -0.3 is 4.40 Å². The topological polar surface area (TPSA) is 60.9 Å². The van der Waals surface area contributed by atoms with Crippen molar-refractivity contribution in [1.82, 2.24) is 29.1 Å². The lowest BCUT2D eigenvalue weighted by Gasteiger charge is -2.07. The lowest BCUT2D eigenvalue weighted by Crippen LogP contribution is -2.02. The zero-order valence-electron chi connectivity index (χ0n) is 11.1. The quantitative estimate of drug-likeness (QED) is 0.528. The average Bonchev–Trinajstić information content (AvgIpc) is 3.03. The van der Waals surface area contributed by atoms with Gasteiger partial charge in [0, 0.05) is 24.8 Å². The van der Waals surface area contributed by atoms with Crippen LogP contribution >= 0.6 is 0 Å². The Morgan fingerprint density at radius 2 is 2.05 bits per heavy atom. The van der Waals surface area contributed by atoms with E-state index < -0.39 is 0 Å². The molecule has 6 nitrogen and oxygen atoms in total. The van der Waals surface area contributed by atoms with Gasteiger partial charge in [0.15, 0.2) is 5.65 Å². The molecule has 6 heteroatoms. The van der Waals surface area contributed by atoms with Crippen LogP contribution in [0.5, 0.6) is 0 Å². The van der Waals surface area contributed by atoms with Gasteiger partial charge in [-0.1, -0.05) is 0 Å². The molecule has 0 saturated heterocycles. The first-order valence-electron chi connectivity index (χ1n) is 6.33. The Morgan fingerprint density at radius 3 is 2.95 bits per heavy atom. The second kappa shape index (κ2) is 3.86. The third-order valence-corrected chi connectivity index (χ3v) is 3.47. The van der Waals surface area contributed by atoms with E-state index in [0.717, 1.165) is 33.6 Å². The van der Waals surface area contributed by atoms with E-state index >= 15 is 0 Å². The number of rotatable bonds is 1. The molecular formula is C14H12N6. The van der Waals surface area contributed by atoms with E-state index in [9.17, 15) is 0 Å². The van der Waals surface area contributed by atoms with Gasteiger partial charge in [0.2, 0.25) is 0 Å². The maximum absolute atomic E-state index is 4.59. The van der Waals surface area contributed by atoms with Crippen LogP contribution in [0.4, 0.5) is 0 Å². The summed E-state index contributed by atoms with van der Waals surface area (Å²) in [4.78, 5) is 12.7. The minimum Gasteiger partial charge on any atom is -0.305 e. The summed E-state index contributed by atoms with van der Waals surface area (Å²) in [5.41, 5.74) is 4.76. The minimum absolute atomic E-state index is 0.820. The monoisotopic (exact) mass is 264 g/mol. The minimum atomic E-state index is 0.820. The Balaban J connectivity index is 2.08. The predicted octanol–water partition coefficient (Wildman–Crippen LogP) is 2.08. The van der Waals surface area contributed by atoms with Gasteiger partial charge in [-0.15, -0.1) is 0 Å². The second-order valence-electron chi connectivity index (χ2n) is 4.79. The number of pyridine rings is 1. The molecule has 0 amide bonds. The number of nitrogens with zero attached hydrogens (tertiary/aromatic N) is 6. The summed E-state index contributed by atoms with van der Waals surface area (Å²) in [6.45, 7) is 4.02. The Hall–Kier alpha value is -2.76. The maximum Gasteiger partial charge on any atom is 0.166 e. The largest absolute Gasteiger partial charge is 0.305 e. The van der Waals surface area contributed by atoms with Crippen LogP contribution in [-0.4, -0.2) is 29.1 Å². The molecule has 0 aliphatic rings. The molecule has 20 heavy (non-hydrogen) atoms. The van der Waals surface area contributed by atoms with E-state index in [1.54, 1.807) is 18.7 Å². The highest BCUT2D eigenvalue weighted by molar-refractivity contribution is 5.78. The molecule has 0 radical (unpaired) electrons. The molecule has 4 rings (SSSR count). The number of aromatic nitrogens is 6. The van der Waals surface area contributed by atoms with Crippen LogP contribution in [0.2, 0.25) is 0 Å². The first kappa shape index (κ1) is 11.1. The fraction of sp³-hybridized carbons (Fsp3) is 0.143. The van der Waals surface area contributed by atoms with Crippen molar-refractivity contribution >= 4 is 16.7 Å². The SMILES string of the molecule is Cc1cc2nccn2cc1-n1nc(C)c2cncnc21. The van der Waals surface area contributed by atoms with Gasteiger partial charge in [0.1, 0.15) is 12.0 Å². The van der Waals surface area contributed by atoms with E-state index in [0.29, 0.717) is 0 Å². The van der Waals surface area contributed by atoms with Crippen LogP contribution in [-0.2, 0) is 0 Å². The van der Waals surface area contributed by atoms with Gasteiger partial charge in [0.05, 0.1) is 16.8 Å². The van der Waals surface area contributed by atoms with Gasteiger partial charge >= 0.3 is 0 Å². The highest BCUT2D eigenvalue weighted by atomic mass is 15.3. The van der Waals surface area contributed by atoms with Crippen LogP contribution in [0.15, 0.2) is 37.2 Å².